The molecule has 6 heteroatoms. The lowest BCUT2D eigenvalue weighted by Crippen LogP contribution is -2.33. The van der Waals surface area contributed by atoms with E-state index >= 15 is 0 Å². The van der Waals surface area contributed by atoms with Crippen LogP contribution in [0.1, 0.15) is 0 Å². The molecule has 0 aliphatic rings. The fourth-order valence-electron chi connectivity index (χ4n) is 2.05. The van der Waals surface area contributed by atoms with Gasteiger partial charge in [0.1, 0.15) is 11.6 Å². The highest BCUT2D eigenvalue weighted by atomic mass is 19.1. The van der Waals surface area contributed by atoms with Crippen LogP contribution in [0.15, 0.2) is 52.1 Å². The van der Waals surface area contributed by atoms with Gasteiger partial charge < -0.3 is 4.98 Å². The first-order valence-electron chi connectivity index (χ1n) is 5.77. The van der Waals surface area contributed by atoms with E-state index in [0.29, 0.717) is 0 Å². The molecule has 0 bridgehead atoms. The topological polar surface area (TPSA) is 54.9 Å². The number of halogens is 2. The number of fused-ring (bicyclic) bond motifs is 1. The van der Waals surface area contributed by atoms with Gasteiger partial charge in [0.15, 0.2) is 0 Å². The summed E-state index contributed by atoms with van der Waals surface area (Å²) < 4.78 is 27.5. The van der Waals surface area contributed by atoms with Crippen LogP contribution in [0.5, 0.6) is 0 Å². The van der Waals surface area contributed by atoms with Gasteiger partial charge in [0.25, 0.3) is 5.56 Å². The Morgan fingerprint density at radius 1 is 1.00 bits per heavy atom. The third-order valence-corrected chi connectivity index (χ3v) is 2.95. The number of nitrogens with one attached hydrogen (secondary N) is 1. The Bertz CT molecular complexity index is 928. The zero-order valence-electron chi connectivity index (χ0n) is 10.1. The fourth-order valence-corrected chi connectivity index (χ4v) is 2.05. The van der Waals surface area contributed by atoms with Crippen molar-refractivity contribution >= 4 is 10.9 Å². The van der Waals surface area contributed by atoms with Crippen molar-refractivity contribution in [2.45, 2.75) is 0 Å². The number of aromatic amines is 1. The predicted molar refractivity (Wildman–Crippen MR) is 70.1 cm³/mol. The quantitative estimate of drug-likeness (QED) is 0.737. The van der Waals surface area contributed by atoms with E-state index in [1.165, 1.54) is 30.3 Å². The van der Waals surface area contributed by atoms with Gasteiger partial charge >= 0.3 is 5.69 Å². The Balaban J connectivity index is 2.44. The van der Waals surface area contributed by atoms with Crippen LogP contribution in [-0.4, -0.2) is 9.55 Å². The molecule has 0 atom stereocenters. The second kappa shape index (κ2) is 4.41. The van der Waals surface area contributed by atoms with Gasteiger partial charge in [-0.25, -0.2) is 18.1 Å². The van der Waals surface area contributed by atoms with E-state index in [2.05, 4.69) is 4.98 Å². The van der Waals surface area contributed by atoms with Crippen LogP contribution in [0.3, 0.4) is 0 Å². The maximum Gasteiger partial charge on any atom is 0.333 e. The molecule has 3 aromatic rings. The minimum Gasteiger partial charge on any atom is -0.304 e. The lowest BCUT2D eigenvalue weighted by molar-refractivity contribution is 0.625. The van der Waals surface area contributed by atoms with Crippen molar-refractivity contribution < 1.29 is 8.78 Å². The van der Waals surface area contributed by atoms with Gasteiger partial charge in [0.05, 0.1) is 16.6 Å². The maximum atomic E-state index is 13.6. The molecule has 1 N–H and O–H groups in total. The number of benzene rings is 2. The summed E-state index contributed by atoms with van der Waals surface area (Å²) in [5.74, 6) is -1.27. The van der Waals surface area contributed by atoms with Crippen molar-refractivity contribution in [2.24, 2.45) is 0 Å². The zero-order chi connectivity index (χ0) is 14.3. The number of rotatable bonds is 1. The van der Waals surface area contributed by atoms with E-state index < -0.39 is 22.9 Å². The lowest BCUT2D eigenvalue weighted by atomic mass is 10.2. The van der Waals surface area contributed by atoms with Crippen LogP contribution in [0.2, 0.25) is 0 Å². The van der Waals surface area contributed by atoms with Crippen LogP contribution in [0.25, 0.3) is 16.6 Å². The highest BCUT2D eigenvalue weighted by Gasteiger charge is 2.12. The van der Waals surface area contributed by atoms with Crippen molar-refractivity contribution in [1.82, 2.24) is 9.55 Å². The van der Waals surface area contributed by atoms with Gasteiger partial charge in [0, 0.05) is 0 Å². The molecule has 4 nitrogen and oxygen atoms in total. The van der Waals surface area contributed by atoms with Gasteiger partial charge in [-0.15, -0.1) is 0 Å². The first-order valence-corrected chi connectivity index (χ1v) is 5.77. The molecule has 100 valence electrons. The molecule has 20 heavy (non-hydrogen) atoms. The monoisotopic (exact) mass is 274 g/mol. The standard InChI is InChI=1S/C14H8F2N2O2/c15-8-3-1-4-9(7-8)18-13(19)10-5-2-6-11(16)12(10)17-14(18)20/h1-7H,(H,17,20). The normalized spacial score (nSPS) is 10.9. The van der Waals surface area contributed by atoms with E-state index in [9.17, 15) is 18.4 Å². The fraction of sp³-hybridized carbons (Fsp3) is 0. The largest absolute Gasteiger partial charge is 0.333 e. The molecular weight excluding hydrogens is 266 g/mol. The molecular formula is C14H8F2N2O2. The average molecular weight is 274 g/mol. The summed E-state index contributed by atoms with van der Waals surface area (Å²) in [7, 11) is 0. The summed E-state index contributed by atoms with van der Waals surface area (Å²) >= 11 is 0. The number of nitrogens with zero attached hydrogens (tertiary/aromatic N) is 1. The molecule has 0 saturated carbocycles. The summed E-state index contributed by atoms with van der Waals surface area (Å²) in [4.78, 5) is 26.5. The minimum atomic E-state index is -0.821. The maximum absolute atomic E-state index is 13.6. The molecule has 0 unspecified atom stereocenters. The van der Waals surface area contributed by atoms with Crippen LogP contribution in [-0.2, 0) is 0 Å². The van der Waals surface area contributed by atoms with Crippen LogP contribution in [0, 0.1) is 11.6 Å². The molecule has 0 radical (unpaired) electrons. The highest BCUT2D eigenvalue weighted by molar-refractivity contribution is 5.78. The Morgan fingerprint density at radius 2 is 1.75 bits per heavy atom. The average Bonchev–Trinajstić information content (AvgIpc) is 2.40. The lowest BCUT2D eigenvalue weighted by Gasteiger charge is -2.06. The summed E-state index contributed by atoms with van der Waals surface area (Å²) in [6.07, 6.45) is 0. The van der Waals surface area contributed by atoms with Crippen molar-refractivity contribution in [3.8, 4) is 5.69 Å². The molecule has 0 amide bonds. The van der Waals surface area contributed by atoms with E-state index in [1.807, 2.05) is 0 Å². The van der Waals surface area contributed by atoms with Gasteiger partial charge in [-0.05, 0) is 30.3 Å². The zero-order valence-corrected chi connectivity index (χ0v) is 10.1. The second-order valence-corrected chi connectivity index (χ2v) is 4.21. The molecule has 0 spiro atoms. The van der Waals surface area contributed by atoms with E-state index in [-0.39, 0.29) is 16.6 Å². The van der Waals surface area contributed by atoms with Crippen molar-refractivity contribution in [2.75, 3.05) is 0 Å². The summed E-state index contributed by atoms with van der Waals surface area (Å²) in [6, 6.07) is 8.96. The number of para-hydroxylation sites is 1. The Kier molecular flexibility index (Phi) is 2.71. The summed E-state index contributed by atoms with van der Waals surface area (Å²) in [5, 5.41) is 0.0221. The molecule has 0 aliphatic heterocycles. The molecule has 0 fully saturated rings. The Morgan fingerprint density at radius 3 is 2.50 bits per heavy atom. The predicted octanol–water partition coefficient (Wildman–Crippen LogP) is 1.96. The second-order valence-electron chi connectivity index (χ2n) is 4.21. The summed E-state index contributed by atoms with van der Waals surface area (Å²) in [6.45, 7) is 0. The van der Waals surface area contributed by atoms with Crippen LogP contribution < -0.4 is 11.2 Å². The molecule has 2 aromatic carbocycles. The minimum absolute atomic E-state index is 0.0221. The number of aromatic nitrogens is 2. The third-order valence-electron chi connectivity index (χ3n) is 2.95. The number of hydrogen-bond donors (Lipinski definition) is 1. The van der Waals surface area contributed by atoms with E-state index in [0.717, 1.165) is 16.7 Å². The van der Waals surface area contributed by atoms with Gasteiger partial charge in [-0.3, -0.25) is 4.79 Å². The van der Waals surface area contributed by atoms with Crippen molar-refractivity contribution in [3.05, 3.63) is 74.9 Å². The first kappa shape index (κ1) is 12.3. The van der Waals surface area contributed by atoms with E-state index in [4.69, 9.17) is 0 Å². The van der Waals surface area contributed by atoms with Gasteiger partial charge in [0.2, 0.25) is 0 Å². The van der Waals surface area contributed by atoms with Gasteiger partial charge in [-0.1, -0.05) is 12.1 Å². The number of H-pyrrole nitrogens is 1. The van der Waals surface area contributed by atoms with Crippen LogP contribution >= 0.6 is 0 Å². The number of hydrogen-bond acceptors (Lipinski definition) is 2. The smallest absolute Gasteiger partial charge is 0.304 e. The van der Waals surface area contributed by atoms with E-state index in [1.54, 1.807) is 0 Å². The SMILES string of the molecule is O=c1[nH]c2c(F)cccc2c(=O)n1-c1cccc(F)c1. The van der Waals surface area contributed by atoms with Crippen molar-refractivity contribution in [3.63, 3.8) is 0 Å². The van der Waals surface area contributed by atoms with Crippen molar-refractivity contribution in [1.29, 1.82) is 0 Å². The molecule has 0 saturated heterocycles. The first-order chi connectivity index (χ1) is 9.58. The third kappa shape index (κ3) is 1.82. The highest BCUT2D eigenvalue weighted by Crippen LogP contribution is 2.11. The van der Waals surface area contributed by atoms with Crippen LogP contribution in [0.4, 0.5) is 8.78 Å². The summed E-state index contributed by atoms with van der Waals surface area (Å²) in [5.41, 5.74) is -1.59. The Hall–Kier alpha value is -2.76. The molecule has 1 aromatic heterocycles. The molecule has 1 heterocycles. The Labute approximate surface area is 110 Å². The molecule has 3 rings (SSSR count). The molecule has 0 aliphatic carbocycles. The van der Waals surface area contributed by atoms with Gasteiger partial charge in [-0.2, -0.15) is 0 Å².